The molecule has 21 heavy (non-hydrogen) atoms. The fourth-order valence-corrected chi connectivity index (χ4v) is 2.15. The molecule has 2 rings (SSSR count). The van der Waals surface area contributed by atoms with Crippen molar-refractivity contribution < 1.29 is 14.6 Å². The molecule has 5 nitrogen and oxygen atoms in total. The number of ether oxygens (including phenoxy) is 1. The lowest BCUT2D eigenvalue weighted by Gasteiger charge is -2.20. The quantitative estimate of drug-likeness (QED) is 0.877. The van der Waals surface area contributed by atoms with E-state index in [-0.39, 0.29) is 19.1 Å². The van der Waals surface area contributed by atoms with Crippen LogP contribution in [0.15, 0.2) is 48.8 Å². The number of rotatable bonds is 6. The van der Waals surface area contributed by atoms with Gasteiger partial charge in [0.15, 0.2) is 0 Å². The van der Waals surface area contributed by atoms with E-state index in [2.05, 4.69) is 0 Å². The van der Waals surface area contributed by atoms with E-state index < -0.39 is 6.10 Å². The Morgan fingerprint density at radius 2 is 1.90 bits per heavy atom. The number of nitrogens with zero attached hydrogens (tertiary/aromatic N) is 2. The fourth-order valence-electron chi connectivity index (χ4n) is 2.15. The summed E-state index contributed by atoms with van der Waals surface area (Å²) in [6.45, 7) is 0.455. The molecular formula is C16H20N2O3. The van der Waals surface area contributed by atoms with Crippen molar-refractivity contribution >= 4 is 5.91 Å². The summed E-state index contributed by atoms with van der Waals surface area (Å²) in [5.74, 6) is -0.121. The Balaban J connectivity index is 2.02. The van der Waals surface area contributed by atoms with Gasteiger partial charge in [-0.1, -0.05) is 0 Å². The van der Waals surface area contributed by atoms with Crippen LogP contribution in [0.1, 0.15) is 10.4 Å². The molecule has 1 N–H and O–H groups in total. The Hall–Kier alpha value is -2.11. The first kappa shape index (κ1) is 15.3. The van der Waals surface area contributed by atoms with Crippen LogP contribution in [-0.4, -0.2) is 53.9 Å². The second kappa shape index (κ2) is 7.06. The summed E-state index contributed by atoms with van der Waals surface area (Å²) < 4.78 is 6.83. The Morgan fingerprint density at radius 1 is 1.29 bits per heavy atom. The number of aromatic nitrogens is 1. The van der Waals surface area contributed by atoms with Crippen molar-refractivity contribution in [3.8, 4) is 5.69 Å². The van der Waals surface area contributed by atoms with Crippen molar-refractivity contribution in [3.05, 3.63) is 54.4 Å². The molecule has 0 spiro atoms. The first-order valence-corrected chi connectivity index (χ1v) is 6.77. The third kappa shape index (κ3) is 3.93. The van der Waals surface area contributed by atoms with E-state index in [1.807, 2.05) is 41.2 Å². The van der Waals surface area contributed by atoms with E-state index in [9.17, 15) is 9.90 Å². The summed E-state index contributed by atoms with van der Waals surface area (Å²) in [7, 11) is 3.19. The van der Waals surface area contributed by atoms with E-state index in [0.29, 0.717) is 5.56 Å². The minimum atomic E-state index is -0.678. The highest BCUT2D eigenvalue weighted by molar-refractivity contribution is 5.94. The van der Waals surface area contributed by atoms with Crippen molar-refractivity contribution in [2.75, 3.05) is 27.3 Å². The van der Waals surface area contributed by atoms with Gasteiger partial charge in [-0.3, -0.25) is 4.79 Å². The summed E-state index contributed by atoms with van der Waals surface area (Å²) >= 11 is 0. The largest absolute Gasteiger partial charge is 0.389 e. The minimum absolute atomic E-state index is 0.121. The molecule has 2 aromatic rings. The van der Waals surface area contributed by atoms with Crippen molar-refractivity contribution in [3.63, 3.8) is 0 Å². The lowest BCUT2D eigenvalue weighted by Crippen LogP contribution is -2.36. The van der Waals surface area contributed by atoms with Crippen LogP contribution in [-0.2, 0) is 4.74 Å². The Kier molecular flexibility index (Phi) is 5.14. The number of likely N-dealkylation sites (N-methyl/N-ethyl adjacent to an activating group) is 1. The van der Waals surface area contributed by atoms with Crippen molar-refractivity contribution in [1.29, 1.82) is 0 Å². The topological polar surface area (TPSA) is 54.7 Å². The van der Waals surface area contributed by atoms with Crippen molar-refractivity contribution in [2.45, 2.75) is 6.10 Å². The molecule has 0 aliphatic rings. The average Bonchev–Trinajstić information content (AvgIpc) is 3.01. The van der Waals surface area contributed by atoms with Gasteiger partial charge in [-0.05, 0) is 36.4 Å². The van der Waals surface area contributed by atoms with E-state index in [1.54, 1.807) is 19.2 Å². The Morgan fingerprint density at radius 3 is 2.48 bits per heavy atom. The molecule has 1 heterocycles. The predicted octanol–water partition coefficient (Wildman–Crippen LogP) is 1.56. The third-order valence-electron chi connectivity index (χ3n) is 3.21. The number of aliphatic hydroxyl groups excluding tert-OH is 1. The molecule has 1 atom stereocenters. The zero-order valence-corrected chi connectivity index (χ0v) is 12.3. The maximum Gasteiger partial charge on any atom is 0.253 e. The molecule has 0 aliphatic heterocycles. The lowest BCUT2D eigenvalue weighted by molar-refractivity contribution is 0.0380. The molecule has 0 aliphatic carbocycles. The second-order valence-corrected chi connectivity index (χ2v) is 4.93. The summed E-state index contributed by atoms with van der Waals surface area (Å²) in [5, 5.41) is 9.66. The van der Waals surface area contributed by atoms with Crippen molar-refractivity contribution in [1.82, 2.24) is 9.47 Å². The number of methoxy groups -OCH3 is 1. The number of aliphatic hydroxyl groups is 1. The zero-order valence-electron chi connectivity index (χ0n) is 12.3. The van der Waals surface area contributed by atoms with Gasteiger partial charge in [0.25, 0.3) is 5.91 Å². The molecular weight excluding hydrogens is 268 g/mol. The zero-order chi connectivity index (χ0) is 15.2. The predicted molar refractivity (Wildman–Crippen MR) is 80.6 cm³/mol. The van der Waals surface area contributed by atoms with Gasteiger partial charge < -0.3 is 19.3 Å². The molecule has 0 fully saturated rings. The summed E-state index contributed by atoms with van der Waals surface area (Å²) in [4.78, 5) is 13.7. The second-order valence-electron chi connectivity index (χ2n) is 4.93. The van der Waals surface area contributed by atoms with Gasteiger partial charge in [0.1, 0.15) is 0 Å². The normalized spacial score (nSPS) is 12.1. The monoisotopic (exact) mass is 288 g/mol. The summed E-state index contributed by atoms with van der Waals surface area (Å²) in [6, 6.07) is 11.3. The van der Waals surface area contributed by atoms with Gasteiger partial charge >= 0.3 is 0 Å². The number of hydrogen-bond acceptors (Lipinski definition) is 3. The van der Waals surface area contributed by atoms with Crippen LogP contribution in [0.3, 0.4) is 0 Å². The lowest BCUT2D eigenvalue weighted by atomic mass is 10.1. The summed E-state index contributed by atoms with van der Waals surface area (Å²) in [6.07, 6.45) is 3.22. The van der Waals surface area contributed by atoms with Gasteiger partial charge in [-0.2, -0.15) is 0 Å². The van der Waals surface area contributed by atoms with Crippen LogP contribution in [0.5, 0.6) is 0 Å². The van der Waals surface area contributed by atoms with Crippen LogP contribution in [0.4, 0.5) is 0 Å². The van der Waals surface area contributed by atoms with Crippen LogP contribution in [0.2, 0.25) is 0 Å². The number of carbonyl (C=O) groups excluding carboxylic acids is 1. The van der Waals surface area contributed by atoms with Gasteiger partial charge in [0.2, 0.25) is 0 Å². The molecule has 112 valence electrons. The summed E-state index contributed by atoms with van der Waals surface area (Å²) in [5.41, 5.74) is 1.59. The van der Waals surface area contributed by atoms with Crippen LogP contribution < -0.4 is 0 Å². The molecule has 5 heteroatoms. The number of amides is 1. The van der Waals surface area contributed by atoms with Gasteiger partial charge in [-0.15, -0.1) is 0 Å². The fraction of sp³-hybridized carbons (Fsp3) is 0.312. The SMILES string of the molecule is COCC(O)CN(C)C(=O)c1ccc(-n2cccc2)cc1. The highest BCUT2D eigenvalue weighted by Crippen LogP contribution is 2.11. The Labute approximate surface area is 124 Å². The van der Waals surface area contributed by atoms with Gasteiger partial charge in [0, 0.05) is 44.3 Å². The standard InChI is InChI=1S/C16H20N2O3/c1-17(11-15(19)12-21-2)16(20)13-5-7-14(8-6-13)18-9-3-4-10-18/h3-10,15,19H,11-12H2,1-2H3. The molecule has 0 saturated carbocycles. The van der Waals surface area contributed by atoms with Crippen LogP contribution >= 0.6 is 0 Å². The Bertz CT molecular complexity index is 564. The van der Waals surface area contributed by atoms with Gasteiger partial charge in [0.05, 0.1) is 12.7 Å². The number of carbonyl (C=O) groups is 1. The average molecular weight is 288 g/mol. The molecule has 0 saturated heterocycles. The molecule has 0 bridgehead atoms. The van der Waals surface area contributed by atoms with E-state index in [1.165, 1.54) is 12.0 Å². The molecule has 0 radical (unpaired) electrons. The highest BCUT2D eigenvalue weighted by Gasteiger charge is 2.15. The third-order valence-corrected chi connectivity index (χ3v) is 3.21. The maximum absolute atomic E-state index is 12.2. The first-order valence-electron chi connectivity index (χ1n) is 6.77. The number of hydrogen-bond donors (Lipinski definition) is 1. The molecule has 1 unspecified atom stereocenters. The van der Waals surface area contributed by atoms with Crippen LogP contribution in [0.25, 0.3) is 5.69 Å². The highest BCUT2D eigenvalue weighted by atomic mass is 16.5. The molecule has 1 aromatic carbocycles. The van der Waals surface area contributed by atoms with Gasteiger partial charge in [-0.25, -0.2) is 0 Å². The molecule has 1 amide bonds. The van der Waals surface area contributed by atoms with Crippen molar-refractivity contribution in [2.24, 2.45) is 0 Å². The smallest absolute Gasteiger partial charge is 0.253 e. The minimum Gasteiger partial charge on any atom is -0.389 e. The number of benzene rings is 1. The first-order chi connectivity index (χ1) is 10.1. The van der Waals surface area contributed by atoms with Crippen LogP contribution in [0, 0.1) is 0 Å². The van der Waals surface area contributed by atoms with E-state index in [4.69, 9.17) is 4.74 Å². The van der Waals surface area contributed by atoms with E-state index in [0.717, 1.165) is 5.69 Å². The molecule has 1 aromatic heterocycles. The van der Waals surface area contributed by atoms with E-state index >= 15 is 0 Å². The maximum atomic E-state index is 12.2.